The largest absolute Gasteiger partial charge is 0.295 e. The van der Waals surface area contributed by atoms with Crippen LogP contribution in [-0.4, -0.2) is 11.9 Å². The van der Waals surface area contributed by atoms with E-state index in [1.807, 2.05) is 24.3 Å². The molecule has 1 unspecified atom stereocenters. The van der Waals surface area contributed by atoms with Crippen LogP contribution < -0.4 is 0 Å². The Morgan fingerprint density at radius 2 is 1.74 bits per heavy atom. The quantitative estimate of drug-likeness (QED) is 0.731. The highest BCUT2D eigenvalue weighted by Crippen LogP contribution is 2.28. The molecule has 0 heterocycles. The highest BCUT2D eigenvalue weighted by Gasteiger charge is 2.15. The lowest BCUT2D eigenvalue weighted by Gasteiger charge is -2.26. The van der Waals surface area contributed by atoms with Crippen LogP contribution in [0.1, 0.15) is 24.1 Å². The Morgan fingerprint density at radius 3 is 2.42 bits per heavy atom. The molecule has 1 nitrogen and oxygen atoms in total. The summed E-state index contributed by atoms with van der Waals surface area (Å²) >= 11 is 9.85. The molecule has 3 heteroatoms. The van der Waals surface area contributed by atoms with Gasteiger partial charge in [0.25, 0.3) is 0 Å². The van der Waals surface area contributed by atoms with Gasteiger partial charge < -0.3 is 0 Å². The van der Waals surface area contributed by atoms with E-state index in [4.69, 9.17) is 11.6 Å². The van der Waals surface area contributed by atoms with E-state index in [9.17, 15) is 0 Å². The topological polar surface area (TPSA) is 3.24 Å². The minimum Gasteiger partial charge on any atom is -0.295 e. The second kappa shape index (κ2) is 6.56. The Bertz CT molecular complexity index is 556. The molecular weight excluding hydrogens is 322 g/mol. The molecule has 19 heavy (non-hydrogen) atoms. The third-order valence-electron chi connectivity index (χ3n) is 3.39. The van der Waals surface area contributed by atoms with E-state index in [-0.39, 0.29) is 6.04 Å². The van der Waals surface area contributed by atoms with Crippen molar-refractivity contribution in [3.63, 3.8) is 0 Å². The average Bonchev–Trinajstić information content (AvgIpc) is 2.41. The summed E-state index contributed by atoms with van der Waals surface area (Å²) < 4.78 is 1.15. The van der Waals surface area contributed by atoms with Gasteiger partial charge in [-0.3, -0.25) is 4.90 Å². The fraction of sp³-hybridized carbons (Fsp3) is 0.250. The van der Waals surface area contributed by atoms with Crippen molar-refractivity contribution in [2.75, 3.05) is 7.05 Å². The predicted octanol–water partition coefficient (Wildman–Crippen LogP) is 5.30. The summed E-state index contributed by atoms with van der Waals surface area (Å²) in [6, 6.07) is 16.6. The van der Waals surface area contributed by atoms with Gasteiger partial charge in [0.2, 0.25) is 0 Å². The maximum absolute atomic E-state index is 6.26. The van der Waals surface area contributed by atoms with E-state index in [0.29, 0.717) is 0 Å². The second-order valence-electron chi connectivity index (χ2n) is 4.70. The number of benzene rings is 2. The van der Waals surface area contributed by atoms with Crippen molar-refractivity contribution >= 4 is 27.5 Å². The van der Waals surface area contributed by atoms with Crippen molar-refractivity contribution in [2.24, 2.45) is 0 Å². The number of rotatable bonds is 4. The lowest BCUT2D eigenvalue weighted by Crippen LogP contribution is -2.22. The van der Waals surface area contributed by atoms with Crippen LogP contribution in [0.5, 0.6) is 0 Å². The minimum atomic E-state index is 0.279. The molecule has 0 saturated carbocycles. The fourth-order valence-corrected chi connectivity index (χ4v) is 2.79. The summed E-state index contributed by atoms with van der Waals surface area (Å²) in [4.78, 5) is 2.29. The Labute approximate surface area is 128 Å². The smallest absolute Gasteiger partial charge is 0.0453 e. The van der Waals surface area contributed by atoms with Gasteiger partial charge in [-0.2, -0.15) is 0 Å². The molecular formula is C16H17BrClN. The summed E-state index contributed by atoms with van der Waals surface area (Å²) in [6.07, 6.45) is 0. The maximum Gasteiger partial charge on any atom is 0.0453 e. The molecule has 0 aromatic heterocycles. The van der Waals surface area contributed by atoms with Crippen LogP contribution in [0.2, 0.25) is 5.02 Å². The third-order valence-corrected chi connectivity index (χ3v) is 4.51. The normalized spacial score (nSPS) is 12.7. The lowest BCUT2D eigenvalue weighted by molar-refractivity contribution is 0.253. The standard InChI is InChI=1S/C16H17BrClN/c1-12(14-8-4-6-10-16(14)18)19(2)11-13-7-3-5-9-15(13)17/h3-10,12H,11H2,1-2H3. The first-order valence-electron chi connectivity index (χ1n) is 6.27. The zero-order valence-corrected chi connectivity index (χ0v) is 13.4. The molecule has 0 fully saturated rings. The van der Waals surface area contributed by atoms with Crippen molar-refractivity contribution in [1.29, 1.82) is 0 Å². The molecule has 100 valence electrons. The zero-order chi connectivity index (χ0) is 13.8. The summed E-state index contributed by atoms with van der Waals surface area (Å²) in [5, 5.41) is 0.828. The lowest BCUT2D eigenvalue weighted by atomic mass is 10.1. The molecule has 2 aromatic carbocycles. The van der Waals surface area contributed by atoms with E-state index in [0.717, 1.165) is 16.0 Å². The van der Waals surface area contributed by atoms with Gasteiger partial charge in [-0.25, -0.2) is 0 Å². The van der Waals surface area contributed by atoms with E-state index in [1.54, 1.807) is 0 Å². The molecule has 0 N–H and O–H groups in total. The van der Waals surface area contributed by atoms with Crippen molar-refractivity contribution < 1.29 is 0 Å². The molecule has 0 radical (unpaired) electrons. The van der Waals surface area contributed by atoms with Gasteiger partial charge in [-0.05, 0) is 37.2 Å². The van der Waals surface area contributed by atoms with E-state index in [1.165, 1.54) is 11.1 Å². The van der Waals surface area contributed by atoms with Crippen LogP contribution in [0.25, 0.3) is 0 Å². The second-order valence-corrected chi connectivity index (χ2v) is 5.97. The molecule has 0 spiro atoms. The van der Waals surface area contributed by atoms with Crippen LogP contribution in [-0.2, 0) is 6.54 Å². The molecule has 0 aliphatic rings. The fourth-order valence-electron chi connectivity index (χ4n) is 2.08. The monoisotopic (exact) mass is 337 g/mol. The Morgan fingerprint density at radius 1 is 1.11 bits per heavy atom. The first kappa shape index (κ1) is 14.6. The van der Waals surface area contributed by atoms with Crippen LogP contribution in [0.3, 0.4) is 0 Å². The Balaban J connectivity index is 2.14. The average molecular weight is 339 g/mol. The number of halogens is 2. The van der Waals surface area contributed by atoms with Crippen LogP contribution in [0, 0.1) is 0 Å². The molecule has 0 aliphatic carbocycles. The zero-order valence-electron chi connectivity index (χ0n) is 11.1. The van der Waals surface area contributed by atoms with Crippen molar-refractivity contribution in [2.45, 2.75) is 19.5 Å². The minimum absolute atomic E-state index is 0.279. The van der Waals surface area contributed by atoms with E-state index >= 15 is 0 Å². The SMILES string of the molecule is CC(c1ccccc1Cl)N(C)Cc1ccccc1Br. The van der Waals surface area contributed by atoms with E-state index in [2.05, 4.69) is 59.1 Å². The predicted molar refractivity (Wildman–Crippen MR) is 85.5 cm³/mol. The van der Waals surface area contributed by atoms with Crippen LogP contribution in [0.4, 0.5) is 0 Å². The number of hydrogen-bond acceptors (Lipinski definition) is 1. The molecule has 1 atom stereocenters. The Hall–Kier alpha value is -0.830. The Kier molecular flexibility index (Phi) is 5.03. The number of nitrogens with zero attached hydrogens (tertiary/aromatic N) is 1. The molecule has 2 aromatic rings. The first-order chi connectivity index (χ1) is 9.09. The number of hydrogen-bond donors (Lipinski definition) is 0. The molecule has 0 saturated heterocycles. The highest BCUT2D eigenvalue weighted by atomic mass is 79.9. The van der Waals surface area contributed by atoms with Gasteiger partial charge >= 0.3 is 0 Å². The van der Waals surface area contributed by atoms with Crippen molar-refractivity contribution in [3.8, 4) is 0 Å². The molecule has 0 aliphatic heterocycles. The third kappa shape index (κ3) is 3.59. The van der Waals surface area contributed by atoms with E-state index < -0.39 is 0 Å². The first-order valence-corrected chi connectivity index (χ1v) is 7.44. The van der Waals surface area contributed by atoms with Crippen LogP contribution >= 0.6 is 27.5 Å². The van der Waals surface area contributed by atoms with Gasteiger partial charge in [0, 0.05) is 22.1 Å². The van der Waals surface area contributed by atoms with Gasteiger partial charge in [-0.1, -0.05) is 63.9 Å². The van der Waals surface area contributed by atoms with Gasteiger partial charge in [0.15, 0.2) is 0 Å². The summed E-state index contributed by atoms with van der Waals surface area (Å²) in [5.74, 6) is 0. The summed E-state index contributed by atoms with van der Waals surface area (Å²) in [6.45, 7) is 3.06. The molecule has 2 rings (SSSR count). The maximum atomic E-state index is 6.26. The van der Waals surface area contributed by atoms with Gasteiger partial charge in [0.05, 0.1) is 0 Å². The van der Waals surface area contributed by atoms with Crippen molar-refractivity contribution in [3.05, 3.63) is 69.2 Å². The summed E-state index contributed by atoms with van der Waals surface area (Å²) in [7, 11) is 2.12. The van der Waals surface area contributed by atoms with Gasteiger partial charge in [0.1, 0.15) is 0 Å². The summed E-state index contributed by atoms with van der Waals surface area (Å²) in [5.41, 5.74) is 2.45. The highest BCUT2D eigenvalue weighted by molar-refractivity contribution is 9.10. The van der Waals surface area contributed by atoms with Crippen molar-refractivity contribution in [1.82, 2.24) is 4.90 Å². The van der Waals surface area contributed by atoms with Gasteiger partial charge in [-0.15, -0.1) is 0 Å². The van der Waals surface area contributed by atoms with Crippen LogP contribution in [0.15, 0.2) is 53.0 Å². The molecule has 0 bridgehead atoms. The molecule has 0 amide bonds.